The Morgan fingerprint density at radius 1 is 1.48 bits per heavy atom. The molecule has 2 aromatic rings. The van der Waals surface area contributed by atoms with Crippen LogP contribution in [0.4, 0.5) is 0 Å². The van der Waals surface area contributed by atoms with Gasteiger partial charge in [-0.3, -0.25) is 9.59 Å². The summed E-state index contributed by atoms with van der Waals surface area (Å²) in [6, 6.07) is 5.71. The third-order valence-corrected chi connectivity index (χ3v) is 3.80. The highest BCUT2D eigenvalue weighted by Crippen LogP contribution is 2.29. The number of hydrogen-bond donors (Lipinski definition) is 1. The van der Waals surface area contributed by atoms with E-state index in [-0.39, 0.29) is 18.5 Å². The molecule has 0 radical (unpaired) electrons. The smallest absolute Gasteiger partial charge is 0.308 e. The minimum atomic E-state index is -0.881. The lowest BCUT2D eigenvalue weighted by molar-refractivity contribution is -0.141. The molecule has 1 aliphatic carbocycles. The first-order valence-corrected chi connectivity index (χ1v) is 7.04. The van der Waals surface area contributed by atoms with E-state index < -0.39 is 11.9 Å². The summed E-state index contributed by atoms with van der Waals surface area (Å²) < 4.78 is 1.65. The van der Waals surface area contributed by atoms with E-state index >= 15 is 0 Å². The third kappa shape index (κ3) is 2.61. The first-order chi connectivity index (χ1) is 10.1. The number of aliphatic carboxylic acids is 1. The number of pyridine rings is 1. The summed E-state index contributed by atoms with van der Waals surface area (Å²) >= 11 is 0. The second-order valence-electron chi connectivity index (χ2n) is 5.52. The van der Waals surface area contributed by atoms with Crippen LogP contribution in [0, 0.1) is 5.92 Å². The molecule has 6 heteroatoms. The summed E-state index contributed by atoms with van der Waals surface area (Å²) in [4.78, 5) is 25.5. The van der Waals surface area contributed by atoms with Gasteiger partial charge in [0.15, 0.2) is 0 Å². The van der Waals surface area contributed by atoms with Gasteiger partial charge in [0.1, 0.15) is 0 Å². The van der Waals surface area contributed by atoms with Crippen molar-refractivity contribution in [3.63, 3.8) is 0 Å². The summed E-state index contributed by atoms with van der Waals surface area (Å²) in [5, 5.41) is 13.2. The molecule has 1 unspecified atom stereocenters. The second-order valence-corrected chi connectivity index (χ2v) is 5.52. The average molecular weight is 287 g/mol. The molecular formula is C15H17N3O3. The number of hydrogen-bond acceptors (Lipinski definition) is 3. The van der Waals surface area contributed by atoms with E-state index in [1.54, 1.807) is 28.7 Å². The van der Waals surface area contributed by atoms with E-state index in [4.69, 9.17) is 5.11 Å². The maximum atomic E-state index is 12.7. The molecule has 0 spiro atoms. The average Bonchev–Trinajstić information content (AvgIpc) is 3.22. The lowest BCUT2D eigenvalue weighted by atomic mass is 10.1. The molecule has 0 saturated heterocycles. The van der Waals surface area contributed by atoms with Gasteiger partial charge >= 0.3 is 5.97 Å². The number of aromatic nitrogens is 2. The first kappa shape index (κ1) is 13.6. The largest absolute Gasteiger partial charge is 0.481 e. The van der Waals surface area contributed by atoms with Crippen molar-refractivity contribution in [1.82, 2.24) is 14.5 Å². The maximum absolute atomic E-state index is 12.7. The number of rotatable bonds is 5. The van der Waals surface area contributed by atoms with Crippen LogP contribution in [-0.4, -0.2) is 44.1 Å². The highest BCUT2D eigenvalue weighted by molar-refractivity contribution is 6.01. The molecule has 3 rings (SSSR count). The van der Waals surface area contributed by atoms with Crippen LogP contribution in [0.1, 0.15) is 30.1 Å². The van der Waals surface area contributed by atoms with Crippen molar-refractivity contribution in [3.05, 3.63) is 36.2 Å². The Kier molecular flexibility index (Phi) is 3.37. The number of carbonyl (C=O) groups excluding carboxylic acids is 1. The van der Waals surface area contributed by atoms with Crippen molar-refractivity contribution in [2.75, 3.05) is 6.54 Å². The van der Waals surface area contributed by atoms with Gasteiger partial charge in [0.05, 0.1) is 23.2 Å². The Morgan fingerprint density at radius 3 is 2.90 bits per heavy atom. The third-order valence-electron chi connectivity index (χ3n) is 3.80. The van der Waals surface area contributed by atoms with Crippen molar-refractivity contribution in [2.24, 2.45) is 5.92 Å². The minimum Gasteiger partial charge on any atom is -0.481 e. The van der Waals surface area contributed by atoms with Crippen LogP contribution in [0.5, 0.6) is 0 Å². The molecule has 1 fully saturated rings. The van der Waals surface area contributed by atoms with Crippen molar-refractivity contribution < 1.29 is 14.7 Å². The van der Waals surface area contributed by atoms with Crippen LogP contribution in [0.15, 0.2) is 30.6 Å². The SMILES string of the molecule is CC(CN(C(=O)c1cnn2ccccc12)C1CC1)C(=O)O. The molecule has 0 aromatic carbocycles. The van der Waals surface area contributed by atoms with E-state index in [1.807, 2.05) is 18.2 Å². The van der Waals surface area contributed by atoms with Crippen molar-refractivity contribution in [1.29, 1.82) is 0 Å². The topological polar surface area (TPSA) is 74.9 Å². The molecule has 2 aromatic heterocycles. The fraction of sp³-hybridized carbons (Fsp3) is 0.400. The summed E-state index contributed by atoms with van der Waals surface area (Å²) in [6.45, 7) is 1.87. The monoisotopic (exact) mass is 287 g/mol. The van der Waals surface area contributed by atoms with Crippen LogP contribution >= 0.6 is 0 Å². The summed E-state index contributed by atoms with van der Waals surface area (Å²) in [7, 11) is 0. The van der Waals surface area contributed by atoms with Gasteiger partial charge in [0.25, 0.3) is 5.91 Å². The fourth-order valence-corrected chi connectivity index (χ4v) is 2.41. The Labute approximate surface area is 122 Å². The number of carboxylic acid groups (broad SMARTS) is 1. The predicted molar refractivity (Wildman–Crippen MR) is 76.1 cm³/mol. The highest BCUT2D eigenvalue weighted by atomic mass is 16.4. The van der Waals surface area contributed by atoms with Gasteiger partial charge in [-0.2, -0.15) is 5.10 Å². The molecular weight excluding hydrogens is 270 g/mol. The lowest BCUT2D eigenvalue weighted by Crippen LogP contribution is -2.38. The van der Waals surface area contributed by atoms with Gasteiger partial charge in [-0.05, 0) is 25.0 Å². The molecule has 0 bridgehead atoms. The lowest BCUT2D eigenvalue weighted by Gasteiger charge is -2.24. The number of fused-ring (bicyclic) bond motifs is 1. The quantitative estimate of drug-likeness (QED) is 0.907. The first-order valence-electron chi connectivity index (χ1n) is 7.04. The van der Waals surface area contributed by atoms with Crippen LogP contribution in [0.25, 0.3) is 5.52 Å². The van der Waals surface area contributed by atoms with Gasteiger partial charge < -0.3 is 10.0 Å². The molecule has 2 heterocycles. The van der Waals surface area contributed by atoms with E-state index in [0.29, 0.717) is 5.56 Å². The Bertz CT molecular complexity index is 690. The van der Waals surface area contributed by atoms with Crippen LogP contribution in [0.2, 0.25) is 0 Å². The summed E-state index contributed by atoms with van der Waals surface area (Å²) in [6.07, 6.45) is 5.22. The zero-order valence-corrected chi connectivity index (χ0v) is 11.8. The molecule has 6 nitrogen and oxygen atoms in total. The van der Waals surface area contributed by atoms with Gasteiger partial charge in [-0.15, -0.1) is 0 Å². The Balaban J connectivity index is 1.89. The Hall–Kier alpha value is -2.37. The summed E-state index contributed by atoms with van der Waals surface area (Å²) in [5.74, 6) is -1.59. The van der Waals surface area contributed by atoms with Crippen LogP contribution < -0.4 is 0 Å². The van der Waals surface area contributed by atoms with E-state index in [2.05, 4.69) is 5.10 Å². The van der Waals surface area contributed by atoms with E-state index in [1.165, 1.54) is 0 Å². The zero-order valence-electron chi connectivity index (χ0n) is 11.8. The molecule has 1 aliphatic rings. The fourth-order valence-electron chi connectivity index (χ4n) is 2.41. The van der Waals surface area contributed by atoms with Gasteiger partial charge in [0.2, 0.25) is 0 Å². The Morgan fingerprint density at radius 2 is 2.24 bits per heavy atom. The molecule has 1 atom stereocenters. The highest BCUT2D eigenvalue weighted by Gasteiger charge is 2.35. The minimum absolute atomic E-state index is 0.133. The molecule has 0 aliphatic heterocycles. The molecule has 1 N–H and O–H groups in total. The predicted octanol–water partition coefficient (Wildman–Crippen LogP) is 1.66. The number of carboxylic acids is 1. The molecule has 110 valence electrons. The van der Waals surface area contributed by atoms with Crippen LogP contribution in [0.3, 0.4) is 0 Å². The van der Waals surface area contributed by atoms with Gasteiger partial charge in [0, 0.05) is 18.8 Å². The van der Waals surface area contributed by atoms with Gasteiger partial charge in [-0.1, -0.05) is 13.0 Å². The second kappa shape index (κ2) is 5.20. The maximum Gasteiger partial charge on any atom is 0.308 e. The standard InChI is InChI=1S/C15H17N3O3/c1-10(15(20)21)9-17(11-5-6-11)14(19)12-8-16-18-7-3-2-4-13(12)18/h2-4,7-8,10-11H,5-6,9H2,1H3,(H,20,21). The molecule has 1 amide bonds. The molecule has 21 heavy (non-hydrogen) atoms. The number of carbonyl (C=O) groups is 2. The van der Waals surface area contributed by atoms with E-state index in [0.717, 1.165) is 18.4 Å². The zero-order chi connectivity index (χ0) is 15.0. The van der Waals surface area contributed by atoms with Crippen LogP contribution in [-0.2, 0) is 4.79 Å². The van der Waals surface area contributed by atoms with Crippen molar-refractivity contribution in [3.8, 4) is 0 Å². The summed E-state index contributed by atoms with van der Waals surface area (Å²) in [5.41, 5.74) is 1.27. The van der Waals surface area contributed by atoms with Gasteiger partial charge in [-0.25, -0.2) is 4.52 Å². The van der Waals surface area contributed by atoms with Crippen molar-refractivity contribution >= 4 is 17.4 Å². The normalized spacial score (nSPS) is 15.9. The van der Waals surface area contributed by atoms with E-state index in [9.17, 15) is 9.59 Å². The number of amides is 1. The number of nitrogens with zero attached hydrogens (tertiary/aromatic N) is 3. The molecule has 1 saturated carbocycles. The van der Waals surface area contributed by atoms with Crippen molar-refractivity contribution in [2.45, 2.75) is 25.8 Å².